The van der Waals surface area contributed by atoms with Crippen molar-refractivity contribution in [2.75, 3.05) is 6.79 Å². The van der Waals surface area contributed by atoms with Gasteiger partial charge in [-0.3, -0.25) is 0 Å². The molecule has 2 aromatic rings. The van der Waals surface area contributed by atoms with Crippen LogP contribution in [0.5, 0.6) is 11.5 Å². The molecule has 1 unspecified atom stereocenters. The molecule has 0 aromatic heterocycles. The van der Waals surface area contributed by atoms with E-state index in [1.54, 1.807) is 0 Å². The Hall–Kier alpha value is -2.47. The molecule has 2 aromatic carbocycles. The maximum absolute atomic E-state index is 9.40. The first kappa shape index (κ1) is 13.5. The zero-order chi connectivity index (χ0) is 14.5. The van der Waals surface area contributed by atoms with Crippen LogP contribution in [0, 0.1) is 11.3 Å². The van der Waals surface area contributed by atoms with Gasteiger partial charge in [0.2, 0.25) is 6.79 Å². The normalized spacial score (nSPS) is 13.7. The molecule has 0 bridgehead atoms. The SMILES string of the molecule is N#CC(CCCc1ccccc1)c1ccc2c(c1)OCO2. The molecule has 0 N–H and O–H groups in total. The first-order valence-corrected chi connectivity index (χ1v) is 7.20. The minimum atomic E-state index is -0.0942. The van der Waals surface area contributed by atoms with Gasteiger partial charge in [0.15, 0.2) is 11.5 Å². The average molecular weight is 279 g/mol. The van der Waals surface area contributed by atoms with Crippen LogP contribution < -0.4 is 9.47 Å². The number of nitriles is 1. The van der Waals surface area contributed by atoms with Crippen molar-refractivity contribution < 1.29 is 9.47 Å². The molecular formula is C18H17NO2. The van der Waals surface area contributed by atoms with E-state index < -0.39 is 0 Å². The van der Waals surface area contributed by atoms with Crippen LogP contribution in [0.25, 0.3) is 0 Å². The summed E-state index contributed by atoms with van der Waals surface area (Å²) in [6.45, 7) is 0.268. The van der Waals surface area contributed by atoms with E-state index in [1.807, 2.05) is 24.3 Å². The minimum absolute atomic E-state index is 0.0942. The fourth-order valence-electron chi connectivity index (χ4n) is 2.59. The molecule has 1 atom stereocenters. The maximum atomic E-state index is 9.40. The Balaban J connectivity index is 1.62. The highest BCUT2D eigenvalue weighted by Gasteiger charge is 2.17. The van der Waals surface area contributed by atoms with Gasteiger partial charge in [-0.25, -0.2) is 0 Å². The fourth-order valence-corrected chi connectivity index (χ4v) is 2.59. The van der Waals surface area contributed by atoms with Crippen molar-refractivity contribution in [3.05, 3.63) is 59.7 Å². The van der Waals surface area contributed by atoms with E-state index in [0.717, 1.165) is 36.3 Å². The summed E-state index contributed by atoms with van der Waals surface area (Å²) in [7, 11) is 0. The third kappa shape index (κ3) is 3.17. The van der Waals surface area contributed by atoms with Crippen molar-refractivity contribution >= 4 is 0 Å². The summed E-state index contributed by atoms with van der Waals surface area (Å²) in [6.07, 6.45) is 2.85. The van der Waals surface area contributed by atoms with E-state index in [0.29, 0.717) is 0 Å². The second-order valence-electron chi connectivity index (χ2n) is 5.17. The number of ether oxygens (including phenoxy) is 2. The topological polar surface area (TPSA) is 42.2 Å². The van der Waals surface area contributed by atoms with E-state index >= 15 is 0 Å². The number of rotatable bonds is 5. The molecule has 0 radical (unpaired) electrons. The third-order valence-electron chi connectivity index (χ3n) is 3.76. The van der Waals surface area contributed by atoms with Crippen molar-refractivity contribution in [1.82, 2.24) is 0 Å². The Kier molecular flexibility index (Phi) is 4.07. The second-order valence-corrected chi connectivity index (χ2v) is 5.17. The smallest absolute Gasteiger partial charge is 0.231 e. The number of hydrogen-bond donors (Lipinski definition) is 0. The summed E-state index contributed by atoms with van der Waals surface area (Å²) in [5, 5.41) is 9.40. The zero-order valence-corrected chi connectivity index (χ0v) is 11.8. The summed E-state index contributed by atoms with van der Waals surface area (Å²) < 4.78 is 10.7. The second kappa shape index (κ2) is 6.32. The van der Waals surface area contributed by atoms with Gasteiger partial charge in [0.1, 0.15) is 0 Å². The summed E-state index contributed by atoms with van der Waals surface area (Å²) in [6, 6.07) is 18.6. The standard InChI is InChI=1S/C18H17NO2/c19-12-16(8-4-7-14-5-2-1-3-6-14)15-9-10-17-18(11-15)21-13-20-17/h1-3,5-6,9-11,16H,4,7-8,13H2. The lowest BCUT2D eigenvalue weighted by molar-refractivity contribution is 0.174. The van der Waals surface area contributed by atoms with Crippen LogP contribution in [-0.2, 0) is 6.42 Å². The molecule has 3 heteroatoms. The van der Waals surface area contributed by atoms with Crippen LogP contribution in [0.15, 0.2) is 48.5 Å². The highest BCUT2D eigenvalue weighted by molar-refractivity contribution is 5.46. The van der Waals surface area contributed by atoms with Gasteiger partial charge in [-0.2, -0.15) is 5.26 Å². The molecule has 1 aliphatic rings. The minimum Gasteiger partial charge on any atom is -0.454 e. The lowest BCUT2D eigenvalue weighted by atomic mass is 9.93. The molecule has 3 rings (SSSR count). The highest BCUT2D eigenvalue weighted by atomic mass is 16.7. The van der Waals surface area contributed by atoms with Gasteiger partial charge in [-0.15, -0.1) is 0 Å². The summed E-state index contributed by atoms with van der Waals surface area (Å²) >= 11 is 0. The fraction of sp³-hybridized carbons (Fsp3) is 0.278. The monoisotopic (exact) mass is 279 g/mol. The van der Waals surface area contributed by atoms with Crippen molar-refractivity contribution in [3.63, 3.8) is 0 Å². The van der Waals surface area contributed by atoms with Crippen LogP contribution in [0.1, 0.15) is 29.9 Å². The number of hydrogen-bond acceptors (Lipinski definition) is 3. The molecule has 1 heterocycles. The van der Waals surface area contributed by atoms with Gasteiger partial charge in [0.25, 0.3) is 0 Å². The first-order valence-electron chi connectivity index (χ1n) is 7.20. The van der Waals surface area contributed by atoms with Crippen molar-refractivity contribution in [3.8, 4) is 17.6 Å². The first-order chi connectivity index (χ1) is 10.4. The van der Waals surface area contributed by atoms with E-state index in [2.05, 4.69) is 30.3 Å². The summed E-state index contributed by atoms with van der Waals surface area (Å²) in [5.74, 6) is 1.42. The van der Waals surface area contributed by atoms with Crippen LogP contribution in [0.2, 0.25) is 0 Å². The Bertz CT molecular complexity index is 646. The van der Waals surface area contributed by atoms with Crippen molar-refractivity contribution in [2.24, 2.45) is 0 Å². The van der Waals surface area contributed by atoms with Gasteiger partial charge in [0.05, 0.1) is 12.0 Å². The van der Waals surface area contributed by atoms with Gasteiger partial charge in [-0.1, -0.05) is 36.4 Å². The molecule has 0 amide bonds. The Morgan fingerprint density at radius 3 is 2.67 bits per heavy atom. The Morgan fingerprint density at radius 2 is 1.86 bits per heavy atom. The number of aryl methyl sites for hydroxylation is 1. The van der Waals surface area contributed by atoms with E-state index in [-0.39, 0.29) is 12.7 Å². The van der Waals surface area contributed by atoms with Crippen molar-refractivity contribution in [1.29, 1.82) is 5.26 Å². The molecule has 0 fully saturated rings. The van der Waals surface area contributed by atoms with E-state index in [1.165, 1.54) is 5.56 Å². The van der Waals surface area contributed by atoms with Crippen LogP contribution in [0.4, 0.5) is 0 Å². The number of fused-ring (bicyclic) bond motifs is 1. The van der Waals surface area contributed by atoms with Crippen LogP contribution in [0.3, 0.4) is 0 Å². The number of benzene rings is 2. The predicted octanol–water partition coefficient (Wildman–Crippen LogP) is 4.05. The third-order valence-corrected chi connectivity index (χ3v) is 3.76. The molecule has 1 aliphatic heterocycles. The highest BCUT2D eigenvalue weighted by Crippen LogP contribution is 2.35. The largest absolute Gasteiger partial charge is 0.454 e. The lowest BCUT2D eigenvalue weighted by Gasteiger charge is -2.10. The quantitative estimate of drug-likeness (QED) is 0.829. The lowest BCUT2D eigenvalue weighted by Crippen LogP contribution is -1.97. The van der Waals surface area contributed by atoms with Crippen LogP contribution in [-0.4, -0.2) is 6.79 Å². The van der Waals surface area contributed by atoms with Crippen molar-refractivity contribution in [2.45, 2.75) is 25.2 Å². The van der Waals surface area contributed by atoms with Gasteiger partial charge >= 0.3 is 0 Å². The van der Waals surface area contributed by atoms with E-state index in [4.69, 9.17) is 9.47 Å². The summed E-state index contributed by atoms with van der Waals surface area (Å²) in [4.78, 5) is 0. The van der Waals surface area contributed by atoms with E-state index in [9.17, 15) is 5.26 Å². The predicted molar refractivity (Wildman–Crippen MR) is 80.3 cm³/mol. The maximum Gasteiger partial charge on any atom is 0.231 e. The zero-order valence-electron chi connectivity index (χ0n) is 11.8. The molecule has 0 aliphatic carbocycles. The molecule has 106 valence electrons. The summed E-state index contributed by atoms with van der Waals surface area (Å²) in [5.41, 5.74) is 2.33. The van der Waals surface area contributed by atoms with Gasteiger partial charge in [0, 0.05) is 0 Å². The van der Waals surface area contributed by atoms with Gasteiger partial charge < -0.3 is 9.47 Å². The number of nitrogens with zero attached hydrogens (tertiary/aromatic N) is 1. The molecule has 0 saturated carbocycles. The Labute approximate surface area is 124 Å². The molecular weight excluding hydrogens is 262 g/mol. The molecule has 0 spiro atoms. The van der Waals surface area contributed by atoms with Crippen LogP contribution >= 0.6 is 0 Å². The molecule has 21 heavy (non-hydrogen) atoms. The Morgan fingerprint density at radius 1 is 1.05 bits per heavy atom. The van der Waals surface area contributed by atoms with Gasteiger partial charge in [-0.05, 0) is 42.5 Å². The molecule has 0 saturated heterocycles. The molecule has 3 nitrogen and oxygen atoms in total. The average Bonchev–Trinajstić information content (AvgIpc) is 3.00.